The first-order valence-electron chi connectivity index (χ1n) is 2.60. The van der Waals surface area contributed by atoms with E-state index in [1.807, 2.05) is 0 Å². The molecule has 0 amide bonds. The lowest BCUT2D eigenvalue weighted by atomic mass is 10.3. The van der Waals surface area contributed by atoms with E-state index >= 15 is 0 Å². The number of hydrogen-bond acceptors (Lipinski definition) is 1. The highest BCUT2D eigenvalue weighted by atomic mass is 14.7. The van der Waals surface area contributed by atoms with Gasteiger partial charge in [0.15, 0.2) is 0 Å². The molecule has 0 heterocycles. The van der Waals surface area contributed by atoms with Crippen LogP contribution in [0.1, 0.15) is 19.8 Å². The molecule has 1 rings (SSSR count). The van der Waals surface area contributed by atoms with Crippen LogP contribution in [0.15, 0.2) is 0 Å². The van der Waals surface area contributed by atoms with Gasteiger partial charge in [-0.2, -0.15) is 0 Å². The van der Waals surface area contributed by atoms with Gasteiger partial charge in [-0.3, -0.25) is 0 Å². The fourth-order valence-electron chi connectivity index (χ4n) is 0.740. The third kappa shape index (κ3) is 0.548. The van der Waals surface area contributed by atoms with E-state index in [1.165, 1.54) is 12.8 Å². The molecule has 36 valence electrons. The topological polar surface area (TPSA) is 26.0 Å². The van der Waals surface area contributed by atoms with Crippen LogP contribution in [0.2, 0.25) is 0 Å². The molecule has 1 aliphatic rings. The van der Waals surface area contributed by atoms with E-state index in [0.29, 0.717) is 6.04 Å². The van der Waals surface area contributed by atoms with Gasteiger partial charge in [0.25, 0.3) is 0 Å². The van der Waals surface area contributed by atoms with Crippen molar-refractivity contribution >= 4 is 0 Å². The molecule has 1 heteroatoms. The van der Waals surface area contributed by atoms with Crippen molar-refractivity contribution in [3.8, 4) is 0 Å². The van der Waals surface area contributed by atoms with E-state index in [-0.39, 0.29) is 0 Å². The molecule has 1 saturated carbocycles. The third-order valence-electron chi connectivity index (χ3n) is 1.50. The predicted octanol–water partition coefficient (Wildman–Crippen LogP) is 0.744. The van der Waals surface area contributed by atoms with E-state index in [4.69, 9.17) is 5.73 Å². The minimum Gasteiger partial charge on any atom is -0.327 e. The molecular formula is C5H11N. The summed E-state index contributed by atoms with van der Waals surface area (Å²) in [5, 5.41) is 0. The fraction of sp³-hybridized carbons (Fsp3) is 1.00. The molecule has 6 heavy (non-hydrogen) atoms. The molecular weight excluding hydrogens is 74.1 g/mol. The molecule has 0 aromatic rings. The lowest BCUT2D eigenvalue weighted by Gasteiger charge is -1.79. The van der Waals surface area contributed by atoms with E-state index in [9.17, 15) is 0 Å². The Hall–Kier alpha value is -0.0400. The average molecular weight is 85.2 g/mol. The van der Waals surface area contributed by atoms with Crippen molar-refractivity contribution in [1.82, 2.24) is 0 Å². The number of nitrogens with two attached hydrogens (primary N) is 1. The molecule has 0 spiro atoms. The second-order valence-electron chi connectivity index (χ2n) is 2.07. The van der Waals surface area contributed by atoms with Gasteiger partial charge in [-0.1, -0.05) is 13.3 Å². The first-order valence-corrected chi connectivity index (χ1v) is 2.60. The highest BCUT2D eigenvalue weighted by Gasteiger charge is 2.30. The van der Waals surface area contributed by atoms with Crippen LogP contribution in [-0.4, -0.2) is 6.04 Å². The van der Waals surface area contributed by atoms with Gasteiger partial charge in [0.1, 0.15) is 0 Å². The summed E-state index contributed by atoms with van der Waals surface area (Å²) in [6.45, 7) is 2.19. The highest BCUT2D eigenvalue weighted by molar-refractivity contribution is 4.88. The summed E-state index contributed by atoms with van der Waals surface area (Å²) in [7, 11) is 0. The van der Waals surface area contributed by atoms with Crippen LogP contribution >= 0.6 is 0 Å². The van der Waals surface area contributed by atoms with Crippen molar-refractivity contribution in [2.24, 2.45) is 11.7 Å². The summed E-state index contributed by atoms with van der Waals surface area (Å²) in [6, 6.07) is 0.565. The van der Waals surface area contributed by atoms with Gasteiger partial charge in [-0.15, -0.1) is 0 Å². The van der Waals surface area contributed by atoms with E-state index in [0.717, 1.165) is 5.92 Å². The average Bonchev–Trinajstić information content (AvgIpc) is 2.19. The molecule has 1 aliphatic carbocycles. The predicted molar refractivity (Wildman–Crippen MR) is 26.4 cm³/mol. The summed E-state index contributed by atoms with van der Waals surface area (Å²) in [4.78, 5) is 0. The second-order valence-corrected chi connectivity index (χ2v) is 2.07. The summed E-state index contributed by atoms with van der Waals surface area (Å²) < 4.78 is 0. The van der Waals surface area contributed by atoms with Crippen LogP contribution in [0.25, 0.3) is 0 Å². The third-order valence-corrected chi connectivity index (χ3v) is 1.50. The van der Waals surface area contributed by atoms with Crippen molar-refractivity contribution in [3.05, 3.63) is 0 Å². The molecule has 0 radical (unpaired) electrons. The first kappa shape index (κ1) is 4.13. The standard InChI is InChI=1S/C5H11N/c1-2-4-3-5(4)6/h4-5H,2-3,6H2,1H3. The van der Waals surface area contributed by atoms with E-state index in [1.54, 1.807) is 0 Å². The van der Waals surface area contributed by atoms with Gasteiger partial charge in [0, 0.05) is 6.04 Å². The van der Waals surface area contributed by atoms with Crippen LogP contribution in [0.5, 0.6) is 0 Å². The van der Waals surface area contributed by atoms with Crippen molar-refractivity contribution in [2.45, 2.75) is 25.8 Å². The minimum atomic E-state index is 0.565. The van der Waals surface area contributed by atoms with Gasteiger partial charge < -0.3 is 5.73 Å². The van der Waals surface area contributed by atoms with Crippen LogP contribution in [0.3, 0.4) is 0 Å². The molecule has 0 aromatic carbocycles. The summed E-state index contributed by atoms with van der Waals surface area (Å²) >= 11 is 0. The Kier molecular flexibility index (Phi) is 0.845. The van der Waals surface area contributed by atoms with Crippen LogP contribution in [0.4, 0.5) is 0 Å². The Morgan fingerprint density at radius 2 is 2.33 bits per heavy atom. The highest BCUT2D eigenvalue weighted by Crippen LogP contribution is 2.30. The summed E-state index contributed by atoms with van der Waals surface area (Å²) in [5.41, 5.74) is 5.48. The van der Waals surface area contributed by atoms with Crippen molar-refractivity contribution in [2.75, 3.05) is 0 Å². The van der Waals surface area contributed by atoms with E-state index in [2.05, 4.69) is 6.92 Å². The largest absolute Gasteiger partial charge is 0.327 e. The molecule has 0 bridgehead atoms. The monoisotopic (exact) mass is 85.1 g/mol. The Bertz CT molecular complexity index is 49.9. The zero-order chi connectivity index (χ0) is 4.57. The van der Waals surface area contributed by atoms with Crippen LogP contribution < -0.4 is 5.73 Å². The smallest absolute Gasteiger partial charge is 0.00708 e. The van der Waals surface area contributed by atoms with Gasteiger partial charge in [-0.25, -0.2) is 0 Å². The molecule has 1 fully saturated rings. The normalized spacial score (nSPS) is 43.0. The molecule has 2 N–H and O–H groups in total. The Morgan fingerprint density at radius 3 is 2.33 bits per heavy atom. The second kappa shape index (κ2) is 1.23. The molecule has 1 nitrogen and oxygen atoms in total. The van der Waals surface area contributed by atoms with Gasteiger partial charge >= 0.3 is 0 Å². The zero-order valence-electron chi connectivity index (χ0n) is 4.15. The lowest BCUT2D eigenvalue weighted by Crippen LogP contribution is -2.00. The first-order chi connectivity index (χ1) is 2.84. The molecule has 2 atom stereocenters. The minimum absolute atomic E-state index is 0.565. The number of rotatable bonds is 1. The van der Waals surface area contributed by atoms with Crippen LogP contribution in [-0.2, 0) is 0 Å². The lowest BCUT2D eigenvalue weighted by molar-refractivity contribution is 0.759. The van der Waals surface area contributed by atoms with Gasteiger partial charge in [0.05, 0.1) is 0 Å². The van der Waals surface area contributed by atoms with Gasteiger partial charge in [0.2, 0.25) is 0 Å². The maximum Gasteiger partial charge on any atom is 0.00708 e. The Labute approximate surface area is 38.5 Å². The SMILES string of the molecule is CCC1CC1N. The van der Waals surface area contributed by atoms with Crippen LogP contribution in [0, 0.1) is 5.92 Å². The Morgan fingerprint density at radius 1 is 1.83 bits per heavy atom. The van der Waals surface area contributed by atoms with Crippen molar-refractivity contribution in [1.29, 1.82) is 0 Å². The van der Waals surface area contributed by atoms with Crippen molar-refractivity contribution < 1.29 is 0 Å². The maximum absolute atomic E-state index is 5.48. The maximum atomic E-state index is 5.48. The summed E-state index contributed by atoms with van der Waals surface area (Å²) in [6.07, 6.45) is 2.55. The molecule has 2 unspecified atom stereocenters. The summed E-state index contributed by atoms with van der Waals surface area (Å²) in [5.74, 6) is 0.880. The number of hydrogen-bond donors (Lipinski definition) is 1. The molecule has 0 saturated heterocycles. The van der Waals surface area contributed by atoms with Gasteiger partial charge in [-0.05, 0) is 12.3 Å². The quantitative estimate of drug-likeness (QED) is 0.499. The van der Waals surface area contributed by atoms with Crippen molar-refractivity contribution in [3.63, 3.8) is 0 Å². The molecule has 0 aliphatic heterocycles. The molecule has 0 aromatic heterocycles. The van der Waals surface area contributed by atoms with E-state index < -0.39 is 0 Å². The fourth-order valence-corrected chi connectivity index (χ4v) is 0.740. The Balaban J connectivity index is 2.09. The zero-order valence-corrected chi connectivity index (χ0v) is 4.15.